The number of nitrogens with one attached hydrogen (secondary N) is 2. The van der Waals surface area contributed by atoms with Crippen molar-refractivity contribution in [2.45, 2.75) is 19.8 Å². The molecule has 1 heterocycles. The van der Waals surface area contributed by atoms with Gasteiger partial charge in [0.25, 0.3) is 0 Å². The molecule has 0 aliphatic carbocycles. The minimum absolute atomic E-state index is 0.00262. The van der Waals surface area contributed by atoms with Gasteiger partial charge in [-0.1, -0.05) is 12.1 Å². The largest absolute Gasteiger partial charge is 0.493 e. The summed E-state index contributed by atoms with van der Waals surface area (Å²) in [5, 5.41) is 2.85. The van der Waals surface area contributed by atoms with Gasteiger partial charge in [-0.15, -0.1) is 0 Å². The molecule has 0 fully saturated rings. The second-order valence-corrected chi connectivity index (χ2v) is 4.59. The minimum Gasteiger partial charge on any atom is -0.493 e. The van der Waals surface area contributed by atoms with Gasteiger partial charge >= 0.3 is 0 Å². The van der Waals surface area contributed by atoms with Crippen LogP contribution in [-0.4, -0.2) is 29.0 Å². The lowest BCUT2D eigenvalue weighted by Gasteiger charge is -2.07. The van der Waals surface area contributed by atoms with Crippen LogP contribution in [0.15, 0.2) is 36.8 Å². The molecule has 106 valence electrons. The fraction of sp³-hybridized carbons (Fsp3) is 0.333. The lowest BCUT2D eigenvalue weighted by Crippen LogP contribution is -2.27. The van der Waals surface area contributed by atoms with E-state index in [4.69, 9.17) is 4.74 Å². The number of rotatable bonds is 7. The Morgan fingerprint density at radius 2 is 2.35 bits per heavy atom. The number of imidazole rings is 1. The third-order valence-electron chi connectivity index (χ3n) is 2.86. The summed E-state index contributed by atoms with van der Waals surface area (Å²) in [6, 6.07) is 7.80. The van der Waals surface area contributed by atoms with E-state index < -0.39 is 0 Å². The van der Waals surface area contributed by atoms with E-state index >= 15 is 0 Å². The fourth-order valence-electron chi connectivity index (χ4n) is 1.81. The number of carbonyl (C=O) groups excluding carboxylic acids is 1. The molecule has 1 aromatic heterocycles. The van der Waals surface area contributed by atoms with Crippen molar-refractivity contribution in [3.8, 4) is 5.75 Å². The van der Waals surface area contributed by atoms with Crippen LogP contribution in [0, 0.1) is 6.92 Å². The number of nitrogens with zero attached hydrogens (tertiary/aromatic N) is 1. The summed E-state index contributed by atoms with van der Waals surface area (Å²) < 4.78 is 5.53. The highest BCUT2D eigenvalue weighted by Gasteiger charge is 2.02. The van der Waals surface area contributed by atoms with E-state index in [1.165, 1.54) is 0 Å². The summed E-state index contributed by atoms with van der Waals surface area (Å²) in [4.78, 5) is 18.5. The third-order valence-corrected chi connectivity index (χ3v) is 2.86. The van der Waals surface area contributed by atoms with Gasteiger partial charge in [0.15, 0.2) is 0 Å². The molecule has 2 aromatic rings. The summed E-state index contributed by atoms with van der Waals surface area (Å²) in [5.41, 5.74) is 2.16. The molecular formula is C15H19N3O2. The zero-order valence-electron chi connectivity index (χ0n) is 11.6. The number of carbonyl (C=O) groups is 1. The van der Waals surface area contributed by atoms with Gasteiger partial charge in [0.05, 0.1) is 19.4 Å². The van der Waals surface area contributed by atoms with Crippen LogP contribution in [0.25, 0.3) is 0 Å². The first-order chi connectivity index (χ1) is 9.74. The van der Waals surface area contributed by atoms with E-state index in [-0.39, 0.29) is 5.91 Å². The Hall–Kier alpha value is -2.30. The maximum atomic E-state index is 11.6. The number of benzene rings is 1. The average molecular weight is 273 g/mol. The Morgan fingerprint density at radius 3 is 3.10 bits per heavy atom. The van der Waals surface area contributed by atoms with Gasteiger partial charge in [0, 0.05) is 24.9 Å². The van der Waals surface area contributed by atoms with Crippen molar-refractivity contribution in [3.05, 3.63) is 48.0 Å². The van der Waals surface area contributed by atoms with E-state index in [1.807, 2.05) is 31.2 Å². The molecule has 5 nitrogen and oxygen atoms in total. The van der Waals surface area contributed by atoms with Crippen LogP contribution in [0.4, 0.5) is 0 Å². The summed E-state index contributed by atoms with van der Waals surface area (Å²) in [6.45, 7) is 3.00. The Balaban J connectivity index is 1.60. The maximum absolute atomic E-state index is 11.6. The third kappa shape index (κ3) is 4.76. The van der Waals surface area contributed by atoms with Gasteiger partial charge < -0.3 is 15.0 Å². The van der Waals surface area contributed by atoms with Crippen molar-refractivity contribution in [1.82, 2.24) is 15.3 Å². The maximum Gasteiger partial charge on any atom is 0.223 e. The molecule has 0 aliphatic rings. The van der Waals surface area contributed by atoms with Crippen molar-refractivity contribution >= 4 is 5.91 Å². The molecule has 0 saturated heterocycles. The van der Waals surface area contributed by atoms with E-state index in [1.54, 1.807) is 12.5 Å². The molecule has 0 aliphatic heterocycles. The molecule has 1 aromatic carbocycles. The predicted octanol–water partition coefficient (Wildman–Crippen LogP) is 1.85. The minimum atomic E-state index is -0.00262. The van der Waals surface area contributed by atoms with E-state index in [9.17, 15) is 4.79 Å². The van der Waals surface area contributed by atoms with Crippen LogP contribution in [0.1, 0.15) is 17.7 Å². The highest BCUT2D eigenvalue weighted by atomic mass is 16.5. The number of hydrogen-bond acceptors (Lipinski definition) is 3. The normalized spacial score (nSPS) is 10.2. The smallest absolute Gasteiger partial charge is 0.223 e. The van der Waals surface area contributed by atoms with Crippen LogP contribution in [0.3, 0.4) is 0 Å². The second kappa shape index (κ2) is 7.33. The van der Waals surface area contributed by atoms with Gasteiger partial charge in [0.1, 0.15) is 5.75 Å². The molecule has 20 heavy (non-hydrogen) atoms. The molecule has 2 rings (SSSR count). The van der Waals surface area contributed by atoms with Crippen LogP contribution in [0.2, 0.25) is 0 Å². The molecule has 0 spiro atoms. The molecule has 0 atom stereocenters. The quantitative estimate of drug-likeness (QED) is 0.809. The zero-order valence-corrected chi connectivity index (χ0v) is 11.6. The van der Waals surface area contributed by atoms with Gasteiger partial charge in [-0.05, 0) is 24.6 Å². The number of aryl methyl sites for hydroxylation is 1. The fourth-order valence-corrected chi connectivity index (χ4v) is 1.81. The number of amides is 1. The SMILES string of the molecule is Cc1cccc(OCCC(=O)NCCc2cnc[nH]2)c1. The number of aromatic nitrogens is 2. The molecular weight excluding hydrogens is 254 g/mol. The Labute approximate surface area is 118 Å². The van der Waals surface area contributed by atoms with E-state index in [0.29, 0.717) is 19.6 Å². The van der Waals surface area contributed by atoms with Gasteiger partial charge in [-0.3, -0.25) is 4.79 Å². The van der Waals surface area contributed by atoms with Gasteiger partial charge in [-0.2, -0.15) is 0 Å². The Kier molecular flexibility index (Phi) is 5.17. The number of ether oxygens (including phenoxy) is 1. The van der Waals surface area contributed by atoms with Crippen LogP contribution >= 0.6 is 0 Å². The van der Waals surface area contributed by atoms with E-state index in [0.717, 1.165) is 23.4 Å². The molecule has 0 radical (unpaired) electrons. The molecule has 0 bridgehead atoms. The number of H-pyrrole nitrogens is 1. The second-order valence-electron chi connectivity index (χ2n) is 4.59. The molecule has 1 amide bonds. The van der Waals surface area contributed by atoms with Crippen LogP contribution in [-0.2, 0) is 11.2 Å². The summed E-state index contributed by atoms with van der Waals surface area (Å²) in [6.07, 6.45) is 4.50. The lowest BCUT2D eigenvalue weighted by atomic mass is 10.2. The van der Waals surface area contributed by atoms with Crippen molar-refractivity contribution in [2.75, 3.05) is 13.2 Å². The van der Waals surface area contributed by atoms with Crippen molar-refractivity contribution < 1.29 is 9.53 Å². The highest BCUT2D eigenvalue weighted by molar-refractivity contribution is 5.75. The molecule has 2 N–H and O–H groups in total. The Morgan fingerprint density at radius 1 is 1.45 bits per heavy atom. The molecule has 5 heteroatoms. The lowest BCUT2D eigenvalue weighted by molar-refractivity contribution is -0.121. The zero-order chi connectivity index (χ0) is 14.2. The molecule has 0 saturated carbocycles. The van der Waals surface area contributed by atoms with Gasteiger partial charge in [-0.25, -0.2) is 4.98 Å². The predicted molar refractivity (Wildman–Crippen MR) is 76.6 cm³/mol. The van der Waals surface area contributed by atoms with Crippen LogP contribution < -0.4 is 10.1 Å². The van der Waals surface area contributed by atoms with Crippen LogP contribution in [0.5, 0.6) is 5.75 Å². The first kappa shape index (κ1) is 14.1. The van der Waals surface area contributed by atoms with Crippen molar-refractivity contribution in [3.63, 3.8) is 0 Å². The Bertz CT molecular complexity index is 538. The first-order valence-electron chi connectivity index (χ1n) is 6.67. The van der Waals surface area contributed by atoms with E-state index in [2.05, 4.69) is 15.3 Å². The monoisotopic (exact) mass is 273 g/mol. The highest BCUT2D eigenvalue weighted by Crippen LogP contribution is 2.12. The van der Waals surface area contributed by atoms with Gasteiger partial charge in [0.2, 0.25) is 5.91 Å². The number of aromatic amines is 1. The topological polar surface area (TPSA) is 67.0 Å². The molecule has 0 unspecified atom stereocenters. The average Bonchev–Trinajstić information content (AvgIpc) is 2.92. The number of hydrogen-bond donors (Lipinski definition) is 2. The summed E-state index contributed by atoms with van der Waals surface area (Å²) >= 11 is 0. The van der Waals surface area contributed by atoms with Crippen molar-refractivity contribution in [2.24, 2.45) is 0 Å². The first-order valence-corrected chi connectivity index (χ1v) is 6.67. The van der Waals surface area contributed by atoms with Crippen molar-refractivity contribution in [1.29, 1.82) is 0 Å². The summed E-state index contributed by atoms with van der Waals surface area (Å²) in [5.74, 6) is 0.799. The standard InChI is InChI=1S/C15H19N3O2/c1-12-3-2-4-14(9-12)20-8-6-15(19)17-7-5-13-10-16-11-18-13/h2-4,9-11H,5-8H2,1H3,(H,16,18)(H,17,19). The summed E-state index contributed by atoms with van der Waals surface area (Å²) in [7, 11) is 0.